The van der Waals surface area contributed by atoms with Crippen LogP contribution >= 0.6 is 0 Å². The lowest BCUT2D eigenvalue weighted by Crippen LogP contribution is -2.20. The topological polar surface area (TPSA) is 82.9 Å². The molecule has 0 N–H and O–H groups in total. The SMILES string of the molecule is CO/N=C(/C(=O)OC)c1c(F)cccc1Oc1cc(C(F)(F)F)ncn1. The van der Waals surface area contributed by atoms with Crippen LogP contribution in [0, 0.1) is 5.82 Å². The Morgan fingerprint density at radius 1 is 1.19 bits per heavy atom. The number of esters is 1. The van der Waals surface area contributed by atoms with Crippen molar-refractivity contribution in [1.29, 1.82) is 0 Å². The zero-order chi connectivity index (χ0) is 19.3. The predicted molar refractivity (Wildman–Crippen MR) is 79.1 cm³/mol. The van der Waals surface area contributed by atoms with Crippen molar-refractivity contribution in [3.63, 3.8) is 0 Å². The van der Waals surface area contributed by atoms with Gasteiger partial charge in [0.15, 0.2) is 5.69 Å². The molecule has 138 valence electrons. The Morgan fingerprint density at radius 2 is 1.92 bits per heavy atom. The molecule has 0 amide bonds. The van der Waals surface area contributed by atoms with Crippen LogP contribution in [0.2, 0.25) is 0 Å². The predicted octanol–water partition coefficient (Wildman–Crippen LogP) is 2.95. The molecule has 0 aliphatic carbocycles. The number of carbonyl (C=O) groups is 1. The maximum Gasteiger partial charge on any atom is 0.433 e. The molecule has 0 spiro atoms. The molecule has 0 bridgehead atoms. The van der Waals surface area contributed by atoms with Crippen molar-refractivity contribution in [2.75, 3.05) is 14.2 Å². The number of rotatable bonds is 5. The summed E-state index contributed by atoms with van der Waals surface area (Å²) in [6.07, 6.45) is -4.08. The van der Waals surface area contributed by atoms with Crippen LogP contribution in [0.5, 0.6) is 11.6 Å². The van der Waals surface area contributed by atoms with Crippen molar-refractivity contribution >= 4 is 11.7 Å². The summed E-state index contributed by atoms with van der Waals surface area (Å²) in [5, 5.41) is 3.39. The minimum Gasteiger partial charge on any atom is -0.464 e. The number of benzene rings is 1. The third-order valence-corrected chi connectivity index (χ3v) is 2.92. The van der Waals surface area contributed by atoms with Crippen molar-refractivity contribution in [2.24, 2.45) is 5.16 Å². The zero-order valence-corrected chi connectivity index (χ0v) is 13.4. The van der Waals surface area contributed by atoms with Crippen LogP contribution in [0.4, 0.5) is 17.6 Å². The smallest absolute Gasteiger partial charge is 0.433 e. The minimum atomic E-state index is -4.72. The molecule has 0 unspecified atom stereocenters. The highest BCUT2D eigenvalue weighted by Gasteiger charge is 2.33. The highest BCUT2D eigenvalue weighted by molar-refractivity contribution is 6.43. The molecule has 0 atom stereocenters. The van der Waals surface area contributed by atoms with E-state index in [1.807, 2.05) is 0 Å². The third kappa shape index (κ3) is 4.23. The van der Waals surface area contributed by atoms with Crippen molar-refractivity contribution in [1.82, 2.24) is 9.97 Å². The lowest BCUT2D eigenvalue weighted by Gasteiger charge is -2.12. The monoisotopic (exact) mass is 373 g/mol. The van der Waals surface area contributed by atoms with Gasteiger partial charge in [-0.1, -0.05) is 11.2 Å². The Kier molecular flexibility index (Phi) is 5.70. The summed E-state index contributed by atoms with van der Waals surface area (Å²) in [6, 6.07) is 3.96. The molecule has 1 heterocycles. The molecule has 0 radical (unpaired) electrons. The first kappa shape index (κ1) is 19.1. The third-order valence-electron chi connectivity index (χ3n) is 2.92. The molecule has 7 nitrogen and oxygen atoms in total. The largest absolute Gasteiger partial charge is 0.464 e. The fourth-order valence-electron chi connectivity index (χ4n) is 1.86. The van der Waals surface area contributed by atoms with Crippen molar-refractivity contribution in [2.45, 2.75) is 6.18 Å². The molecule has 11 heteroatoms. The molecule has 0 saturated heterocycles. The normalized spacial score (nSPS) is 11.8. The molecular formula is C15H11F4N3O4. The number of halogens is 4. The highest BCUT2D eigenvalue weighted by atomic mass is 19.4. The summed E-state index contributed by atoms with van der Waals surface area (Å²) >= 11 is 0. The molecule has 1 aromatic heterocycles. The summed E-state index contributed by atoms with van der Waals surface area (Å²) < 4.78 is 62.1. The summed E-state index contributed by atoms with van der Waals surface area (Å²) in [5.74, 6) is -2.81. The summed E-state index contributed by atoms with van der Waals surface area (Å²) in [6.45, 7) is 0. The minimum absolute atomic E-state index is 0.321. The van der Waals surface area contributed by atoms with Gasteiger partial charge in [-0.25, -0.2) is 19.2 Å². The van der Waals surface area contributed by atoms with Crippen molar-refractivity contribution < 1.29 is 36.7 Å². The first-order valence-electron chi connectivity index (χ1n) is 6.83. The average Bonchev–Trinajstić information content (AvgIpc) is 2.59. The maximum atomic E-state index is 14.3. The number of hydrogen-bond acceptors (Lipinski definition) is 7. The second kappa shape index (κ2) is 7.76. The maximum absolute atomic E-state index is 14.3. The average molecular weight is 373 g/mol. The molecule has 0 aliphatic rings. The van der Waals surface area contributed by atoms with Crippen LogP contribution in [-0.4, -0.2) is 35.9 Å². The van der Waals surface area contributed by atoms with Gasteiger partial charge in [0.1, 0.15) is 25.0 Å². The molecule has 2 aromatic rings. The van der Waals surface area contributed by atoms with Crippen LogP contribution in [0.3, 0.4) is 0 Å². The molecular weight excluding hydrogens is 362 g/mol. The fraction of sp³-hybridized carbons (Fsp3) is 0.200. The van der Waals surface area contributed by atoms with Crippen LogP contribution in [0.15, 0.2) is 35.7 Å². The molecule has 0 fully saturated rings. The Balaban J connectivity index is 2.51. The van der Waals surface area contributed by atoms with Gasteiger partial charge in [-0.15, -0.1) is 0 Å². The van der Waals surface area contributed by atoms with Gasteiger partial charge in [-0.3, -0.25) is 0 Å². The van der Waals surface area contributed by atoms with Crippen LogP contribution in [-0.2, 0) is 20.5 Å². The van der Waals surface area contributed by atoms with E-state index in [1.54, 1.807) is 0 Å². The summed E-state index contributed by atoms with van der Waals surface area (Å²) in [4.78, 5) is 22.9. The molecule has 1 aromatic carbocycles. The van der Waals surface area contributed by atoms with E-state index in [4.69, 9.17) is 4.74 Å². The van der Waals surface area contributed by atoms with E-state index in [2.05, 4.69) is 24.7 Å². The first-order valence-corrected chi connectivity index (χ1v) is 6.83. The fourth-order valence-corrected chi connectivity index (χ4v) is 1.86. The van der Waals surface area contributed by atoms with Gasteiger partial charge >= 0.3 is 12.1 Å². The molecule has 0 aliphatic heterocycles. The number of ether oxygens (including phenoxy) is 2. The second-order valence-electron chi connectivity index (χ2n) is 4.57. The van der Waals surface area contributed by atoms with Gasteiger partial charge in [0.25, 0.3) is 0 Å². The van der Waals surface area contributed by atoms with E-state index in [1.165, 1.54) is 12.1 Å². The first-order chi connectivity index (χ1) is 12.3. The van der Waals surface area contributed by atoms with Crippen molar-refractivity contribution in [3.8, 4) is 11.6 Å². The van der Waals surface area contributed by atoms with Gasteiger partial charge in [0.2, 0.25) is 11.6 Å². The second-order valence-corrected chi connectivity index (χ2v) is 4.57. The van der Waals surface area contributed by atoms with E-state index in [-0.39, 0.29) is 5.75 Å². The van der Waals surface area contributed by atoms with Crippen molar-refractivity contribution in [3.05, 3.63) is 47.7 Å². The molecule has 0 saturated carbocycles. The Labute approximate surface area is 144 Å². The lowest BCUT2D eigenvalue weighted by atomic mass is 10.1. The molecule has 26 heavy (non-hydrogen) atoms. The van der Waals surface area contributed by atoms with Crippen LogP contribution in [0.25, 0.3) is 0 Å². The number of nitrogens with zero attached hydrogens (tertiary/aromatic N) is 3. The van der Waals surface area contributed by atoms with E-state index < -0.39 is 40.8 Å². The van der Waals surface area contributed by atoms with E-state index >= 15 is 0 Å². The zero-order valence-electron chi connectivity index (χ0n) is 13.4. The van der Waals surface area contributed by atoms with Crippen LogP contribution in [0.1, 0.15) is 11.3 Å². The quantitative estimate of drug-likeness (QED) is 0.347. The van der Waals surface area contributed by atoms with Gasteiger partial charge < -0.3 is 14.3 Å². The van der Waals surface area contributed by atoms with E-state index in [9.17, 15) is 22.4 Å². The standard InChI is InChI=1S/C15H11F4N3O4/c1-24-14(23)13(22-25-2)12-8(16)4-3-5-9(12)26-11-6-10(15(17,18)19)20-7-21-11/h3-7H,1-2H3/b22-13+. The Morgan fingerprint density at radius 3 is 2.54 bits per heavy atom. The summed E-state index contributed by atoms with van der Waals surface area (Å²) in [7, 11) is 2.15. The number of oxime groups is 1. The van der Waals surface area contributed by atoms with E-state index in [0.29, 0.717) is 12.4 Å². The Bertz CT molecular complexity index is 840. The number of hydrogen-bond donors (Lipinski definition) is 0. The van der Waals surface area contributed by atoms with E-state index in [0.717, 1.165) is 20.3 Å². The number of carbonyl (C=O) groups excluding carboxylic acids is 1. The summed E-state index contributed by atoms with van der Waals surface area (Å²) in [5.41, 5.74) is -2.29. The van der Waals surface area contributed by atoms with Gasteiger partial charge in [-0.2, -0.15) is 13.2 Å². The van der Waals surface area contributed by atoms with Gasteiger partial charge in [0.05, 0.1) is 12.7 Å². The number of methoxy groups -OCH3 is 1. The number of aromatic nitrogens is 2. The lowest BCUT2D eigenvalue weighted by molar-refractivity contribution is -0.141. The highest BCUT2D eigenvalue weighted by Crippen LogP contribution is 2.31. The van der Waals surface area contributed by atoms with Gasteiger partial charge in [-0.05, 0) is 12.1 Å². The molecule has 2 rings (SSSR count). The van der Waals surface area contributed by atoms with Gasteiger partial charge in [0, 0.05) is 6.07 Å². The van der Waals surface area contributed by atoms with Crippen LogP contribution < -0.4 is 4.74 Å². The Hall–Kier alpha value is -3.24. The number of alkyl halides is 3.